The second kappa shape index (κ2) is 2.75. The highest BCUT2D eigenvalue weighted by atomic mass is 14.8. The second-order valence-electron chi connectivity index (χ2n) is 2.30. The highest BCUT2D eigenvalue weighted by molar-refractivity contribution is 5.04. The monoisotopic (exact) mass is 111 g/mol. The topological polar surface area (TPSA) is 12.0 Å². The van der Waals surface area contributed by atoms with E-state index < -0.39 is 0 Å². The summed E-state index contributed by atoms with van der Waals surface area (Å²) in [6.45, 7) is 0. The molecule has 1 fully saturated rings. The van der Waals surface area contributed by atoms with Gasteiger partial charge in [0.05, 0.1) is 0 Å². The zero-order valence-corrected chi connectivity index (χ0v) is 5.41. The Morgan fingerprint density at radius 1 is 1.38 bits per heavy atom. The van der Waals surface area contributed by atoms with Gasteiger partial charge in [-0.15, -0.1) is 0 Å². The van der Waals surface area contributed by atoms with Crippen molar-refractivity contribution in [3.05, 3.63) is 11.8 Å². The maximum Gasteiger partial charge on any atom is 0.00276 e. The first-order valence-corrected chi connectivity index (χ1v) is 3.28. The minimum Gasteiger partial charge on any atom is -0.394 e. The molecule has 1 aliphatic rings. The summed E-state index contributed by atoms with van der Waals surface area (Å²) in [6.07, 6.45) is 7.57. The van der Waals surface area contributed by atoms with Gasteiger partial charge in [0.1, 0.15) is 0 Å². The number of rotatable bonds is 1. The predicted octanol–water partition coefficient (Wildman–Crippen LogP) is 1.66. The molecule has 46 valence electrons. The molecule has 0 aromatic rings. The molecule has 1 nitrogen and oxygen atoms in total. The van der Waals surface area contributed by atoms with Crippen molar-refractivity contribution in [1.29, 1.82) is 0 Å². The number of nitrogens with one attached hydrogen (secondary N) is 1. The largest absolute Gasteiger partial charge is 0.394 e. The summed E-state index contributed by atoms with van der Waals surface area (Å²) in [5.74, 6) is 0. The maximum atomic E-state index is 3.05. The molecule has 0 amide bonds. The van der Waals surface area contributed by atoms with Gasteiger partial charge in [-0.05, 0) is 31.9 Å². The Morgan fingerprint density at radius 3 is 2.50 bits per heavy atom. The van der Waals surface area contributed by atoms with E-state index in [4.69, 9.17) is 0 Å². The molecule has 0 spiro atoms. The molecular formula is C7H13N. The van der Waals surface area contributed by atoms with Crippen LogP contribution in [0.4, 0.5) is 0 Å². The summed E-state index contributed by atoms with van der Waals surface area (Å²) in [5.41, 5.74) is 1.59. The van der Waals surface area contributed by atoms with Crippen molar-refractivity contribution in [1.82, 2.24) is 5.32 Å². The quantitative estimate of drug-likeness (QED) is 0.542. The SMILES string of the molecule is CNC=C1CCCC1. The minimum atomic E-state index is 1.32. The molecule has 0 atom stereocenters. The lowest BCUT2D eigenvalue weighted by molar-refractivity contribution is 0.886. The van der Waals surface area contributed by atoms with Gasteiger partial charge in [-0.1, -0.05) is 5.57 Å². The zero-order valence-electron chi connectivity index (χ0n) is 5.41. The van der Waals surface area contributed by atoms with E-state index in [1.807, 2.05) is 7.05 Å². The summed E-state index contributed by atoms with van der Waals surface area (Å²) < 4.78 is 0. The molecule has 1 aliphatic carbocycles. The molecule has 0 saturated heterocycles. The Kier molecular flexibility index (Phi) is 1.95. The molecule has 1 saturated carbocycles. The number of allylic oxidation sites excluding steroid dienone is 1. The summed E-state index contributed by atoms with van der Waals surface area (Å²) in [7, 11) is 1.96. The number of hydrogen-bond donors (Lipinski definition) is 1. The van der Waals surface area contributed by atoms with E-state index in [1.54, 1.807) is 5.57 Å². The van der Waals surface area contributed by atoms with E-state index in [0.717, 1.165) is 0 Å². The molecule has 1 rings (SSSR count). The van der Waals surface area contributed by atoms with Crippen molar-refractivity contribution in [2.45, 2.75) is 25.7 Å². The van der Waals surface area contributed by atoms with E-state index in [1.165, 1.54) is 25.7 Å². The first-order valence-electron chi connectivity index (χ1n) is 3.28. The molecule has 0 aromatic carbocycles. The summed E-state index contributed by atoms with van der Waals surface area (Å²) in [5, 5.41) is 3.05. The number of hydrogen-bond acceptors (Lipinski definition) is 1. The molecule has 8 heavy (non-hydrogen) atoms. The highest BCUT2D eigenvalue weighted by Crippen LogP contribution is 2.22. The first-order chi connectivity index (χ1) is 3.93. The molecular weight excluding hydrogens is 98.1 g/mol. The van der Waals surface area contributed by atoms with Gasteiger partial charge in [-0.3, -0.25) is 0 Å². The molecule has 0 aromatic heterocycles. The van der Waals surface area contributed by atoms with Gasteiger partial charge in [0.2, 0.25) is 0 Å². The van der Waals surface area contributed by atoms with Gasteiger partial charge < -0.3 is 5.32 Å². The average molecular weight is 111 g/mol. The van der Waals surface area contributed by atoms with Crippen LogP contribution in [0.15, 0.2) is 11.8 Å². The highest BCUT2D eigenvalue weighted by Gasteiger charge is 2.04. The average Bonchev–Trinajstić information content (AvgIpc) is 2.19. The van der Waals surface area contributed by atoms with Crippen molar-refractivity contribution < 1.29 is 0 Å². The summed E-state index contributed by atoms with van der Waals surface area (Å²) in [4.78, 5) is 0. The van der Waals surface area contributed by atoms with Gasteiger partial charge in [0.25, 0.3) is 0 Å². The molecule has 0 unspecified atom stereocenters. The Balaban J connectivity index is 2.33. The molecule has 1 N–H and O–H groups in total. The molecule has 0 heterocycles. The lowest BCUT2D eigenvalue weighted by atomic mass is 10.2. The fourth-order valence-corrected chi connectivity index (χ4v) is 1.18. The van der Waals surface area contributed by atoms with E-state index in [0.29, 0.717) is 0 Å². The van der Waals surface area contributed by atoms with E-state index in [-0.39, 0.29) is 0 Å². The van der Waals surface area contributed by atoms with Crippen LogP contribution in [-0.2, 0) is 0 Å². The molecule has 1 heteroatoms. The van der Waals surface area contributed by atoms with Crippen LogP contribution in [0.2, 0.25) is 0 Å². The van der Waals surface area contributed by atoms with Crippen LogP contribution in [0.1, 0.15) is 25.7 Å². The summed E-state index contributed by atoms with van der Waals surface area (Å²) >= 11 is 0. The van der Waals surface area contributed by atoms with Crippen LogP contribution < -0.4 is 5.32 Å². The molecule has 0 aliphatic heterocycles. The van der Waals surface area contributed by atoms with Crippen LogP contribution in [0.25, 0.3) is 0 Å². The van der Waals surface area contributed by atoms with Crippen LogP contribution >= 0.6 is 0 Å². The van der Waals surface area contributed by atoms with Gasteiger partial charge in [-0.25, -0.2) is 0 Å². The van der Waals surface area contributed by atoms with E-state index >= 15 is 0 Å². The third-order valence-corrected chi connectivity index (χ3v) is 1.59. The van der Waals surface area contributed by atoms with Crippen molar-refractivity contribution in [2.75, 3.05) is 7.05 Å². The summed E-state index contributed by atoms with van der Waals surface area (Å²) in [6, 6.07) is 0. The fourth-order valence-electron chi connectivity index (χ4n) is 1.18. The lowest BCUT2D eigenvalue weighted by Crippen LogP contribution is -1.93. The normalized spacial score (nSPS) is 18.9. The van der Waals surface area contributed by atoms with Crippen molar-refractivity contribution >= 4 is 0 Å². The van der Waals surface area contributed by atoms with Crippen molar-refractivity contribution in [3.63, 3.8) is 0 Å². The zero-order chi connectivity index (χ0) is 5.82. The molecule has 0 bridgehead atoms. The minimum absolute atomic E-state index is 1.32. The Morgan fingerprint density at radius 2 is 2.00 bits per heavy atom. The van der Waals surface area contributed by atoms with Crippen LogP contribution in [0.3, 0.4) is 0 Å². The maximum absolute atomic E-state index is 3.05. The van der Waals surface area contributed by atoms with Gasteiger partial charge in [0.15, 0.2) is 0 Å². The Hall–Kier alpha value is -0.460. The van der Waals surface area contributed by atoms with Gasteiger partial charge >= 0.3 is 0 Å². The Bertz CT molecular complexity index is 86.6. The van der Waals surface area contributed by atoms with Crippen LogP contribution in [0.5, 0.6) is 0 Å². The first kappa shape index (κ1) is 5.67. The van der Waals surface area contributed by atoms with Crippen molar-refractivity contribution in [3.8, 4) is 0 Å². The third-order valence-electron chi connectivity index (χ3n) is 1.59. The van der Waals surface area contributed by atoms with E-state index in [9.17, 15) is 0 Å². The fraction of sp³-hybridized carbons (Fsp3) is 0.714. The third kappa shape index (κ3) is 1.25. The van der Waals surface area contributed by atoms with Gasteiger partial charge in [-0.2, -0.15) is 0 Å². The predicted molar refractivity (Wildman–Crippen MR) is 35.6 cm³/mol. The van der Waals surface area contributed by atoms with Crippen LogP contribution in [-0.4, -0.2) is 7.05 Å². The van der Waals surface area contributed by atoms with Crippen LogP contribution in [0, 0.1) is 0 Å². The van der Waals surface area contributed by atoms with E-state index in [2.05, 4.69) is 11.5 Å². The molecule has 0 radical (unpaired) electrons. The smallest absolute Gasteiger partial charge is 0.00276 e. The standard InChI is InChI=1S/C7H13N/c1-8-6-7-4-2-3-5-7/h6,8H,2-5H2,1H3. The Labute approximate surface area is 50.8 Å². The van der Waals surface area contributed by atoms with Crippen molar-refractivity contribution in [2.24, 2.45) is 0 Å². The lowest BCUT2D eigenvalue weighted by Gasteiger charge is -1.91. The second-order valence-corrected chi connectivity index (χ2v) is 2.30. The van der Waals surface area contributed by atoms with Gasteiger partial charge in [0, 0.05) is 7.05 Å².